The van der Waals surface area contributed by atoms with Crippen molar-refractivity contribution in [2.45, 2.75) is 31.2 Å². The Kier molecular flexibility index (Phi) is 5.70. The summed E-state index contributed by atoms with van der Waals surface area (Å²) < 4.78 is 5.20. The van der Waals surface area contributed by atoms with E-state index in [9.17, 15) is 4.79 Å². The topological polar surface area (TPSA) is 55.6 Å². The number of amides is 1. The van der Waals surface area contributed by atoms with Crippen molar-refractivity contribution in [3.8, 4) is 0 Å². The number of nitrogens with zero attached hydrogens (tertiary/aromatic N) is 2. The van der Waals surface area contributed by atoms with Crippen LogP contribution in [-0.4, -0.2) is 18.0 Å². The van der Waals surface area contributed by atoms with Crippen molar-refractivity contribution < 1.29 is 9.53 Å². The SMILES string of the molecule is [C-]#[N+]C12CC(C)(C(=O)Nc3nc(Cc4ccc(C(=C)OC)cc4)cs3)C(c3ccccc31)c1ccccc12. The van der Waals surface area contributed by atoms with Crippen LogP contribution < -0.4 is 5.32 Å². The van der Waals surface area contributed by atoms with Crippen LogP contribution in [-0.2, 0) is 21.5 Å². The van der Waals surface area contributed by atoms with Crippen LogP contribution in [0.2, 0.25) is 0 Å². The summed E-state index contributed by atoms with van der Waals surface area (Å²) in [6, 6.07) is 24.3. The van der Waals surface area contributed by atoms with Gasteiger partial charge in [0, 0.05) is 40.8 Å². The third kappa shape index (κ3) is 3.58. The van der Waals surface area contributed by atoms with Crippen LogP contribution in [0.25, 0.3) is 10.6 Å². The highest BCUT2D eigenvalue weighted by Crippen LogP contribution is 2.64. The third-order valence-corrected chi connectivity index (χ3v) is 8.89. The summed E-state index contributed by atoms with van der Waals surface area (Å²) >= 11 is 1.43. The average Bonchev–Trinajstić information content (AvgIpc) is 3.39. The number of nitrogens with one attached hydrogen (secondary N) is 1. The van der Waals surface area contributed by atoms with Gasteiger partial charge in [-0.15, -0.1) is 11.3 Å². The molecule has 1 amide bonds. The monoisotopic (exact) mass is 517 g/mol. The molecule has 3 aliphatic carbocycles. The van der Waals surface area contributed by atoms with Gasteiger partial charge in [-0.1, -0.05) is 79.4 Å². The molecule has 1 heterocycles. The molecule has 1 unspecified atom stereocenters. The minimum atomic E-state index is -0.873. The van der Waals surface area contributed by atoms with Gasteiger partial charge in [-0.3, -0.25) is 9.64 Å². The third-order valence-electron chi connectivity index (χ3n) is 8.08. The maximum absolute atomic E-state index is 14.0. The second-order valence-corrected chi connectivity index (χ2v) is 11.1. The van der Waals surface area contributed by atoms with Gasteiger partial charge in [-0.25, -0.2) is 11.6 Å². The molecule has 0 saturated carbocycles. The summed E-state index contributed by atoms with van der Waals surface area (Å²) in [7, 11) is 1.61. The Morgan fingerprint density at radius 3 is 2.34 bits per heavy atom. The number of thiazole rings is 1. The Morgan fingerprint density at radius 1 is 1.11 bits per heavy atom. The van der Waals surface area contributed by atoms with Crippen LogP contribution in [0.4, 0.5) is 5.13 Å². The number of carbonyl (C=O) groups is 1. The lowest BCUT2D eigenvalue weighted by molar-refractivity contribution is -0.127. The van der Waals surface area contributed by atoms with Crippen molar-refractivity contribution in [3.05, 3.63) is 135 Å². The highest BCUT2D eigenvalue weighted by atomic mass is 32.1. The Morgan fingerprint density at radius 2 is 1.74 bits per heavy atom. The van der Waals surface area contributed by atoms with Crippen molar-refractivity contribution >= 4 is 28.1 Å². The van der Waals surface area contributed by atoms with Crippen molar-refractivity contribution in [2.75, 3.05) is 12.4 Å². The Hall–Kier alpha value is -4.21. The molecule has 1 N–H and O–H groups in total. The molecule has 3 aliphatic rings. The molecule has 0 spiro atoms. The molecule has 1 aromatic heterocycles. The van der Waals surface area contributed by atoms with Crippen LogP contribution in [0.3, 0.4) is 0 Å². The molecule has 4 aromatic rings. The van der Waals surface area contributed by atoms with Crippen molar-refractivity contribution in [3.63, 3.8) is 0 Å². The predicted octanol–water partition coefficient (Wildman–Crippen LogP) is 7.01. The van der Waals surface area contributed by atoms with E-state index in [1.165, 1.54) is 11.3 Å². The van der Waals surface area contributed by atoms with Gasteiger partial charge in [0.1, 0.15) is 5.76 Å². The zero-order valence-electron chi connectivity index (χ0n) is 21.3. The molecule has 3 aromatic carbocycles. The second kappa shape index (κ2) is 8.97. The lowest BCUT2D eigenvalue weighted by Gasteiger charge is -2.51. The number of fused-ring (bicyclic) bond motifs is 1. The van der Waals surface area contributed by atoms with Gasteiger partial charge in [-0.05, 0) is 23.6 Å². The zero-order chi connectivity index (χ0) is 26.5. The molecule has 1 atom stereocenters. The second-order valence-electron chi connectivity index (χ2n) is 10.3. The Labute approximate surface area is 226 Å². The smallest absolute Gasteiger partial charge is 0.284 e. The van der Waals surface area contributed by atoms with Gasteiger partial charge in [0.25, 0.3) is 5.54 Å². The minimum Gasteiger partial charge on any atom is -0.497 e. The number of ether oxygens (including phenoxy) is 1. The lowest BCUT2D eigenvalue weighted by atomic mass is 9.49. The largest absolute Gasteiger partial charge is 0.497 e. The molecule has 7 rings (SSSR count). The van der Waals surface area contributed by atoms with Crippen LogP contribution in [0.5, 0.6) is 0 Å². The molecule has 188 valence electrons. The zero-order valence-corrected chi connectivity index (χ0v) is 22.1. The van der Waals surface area contributed by atoms with Crippen molar-refractivity contribution in [2.24, 2.45) is 5.41 Å². The van der Waals surface area contributed by atoms with Crippen LogP contribution in [0.15, 0.2) is 84.8 Å². The van der Waals surface area contributed by atoms with Gasteiger partial charge in [0.2, 0.25) is 5.91 Å². The lowest BCUT2D eigenvalue weighted by Crippen LogP contribution is -2.53. The fourth-order valence-corrected chi connectivity index (χ4v) is 6.97. The van der Waals surface area contributed by atoms with Gasteiger partial charge in [0.05, 0.1) is 18.2 Å². The standard InChI is InChI=1S/C32H27N3O2S/c1-20(37-4)22-15-13-21(14-16-22)17-23-18-38-30(34-23)35-29(36)31(2)19-32(33-3)26-11-7-5-9-24(26)28(31)25-10-6-8-12-27(25)32/h5-16,18,28H,1,17,19H2,2,4H3,(H,34,35,36). The molecule has 5 nitrogen and oxygen atoms in total. The average molecular weight is 518 g/mol. The molecule has 0 fully saturated rings. The number of methoxy groups -OCH3 is 1. The molecule has 2 bridgehead atoms. The van der Waals surface area contributed by atoms with E-state index in [4.69, 9.17) is 16.3 Å². The summed E-state index contributed by atoms with van der Waals surface area (Å²) in [5.41, 5.74) is 5.49. The predicted molar refractivity (Wildman–Crippen MR) is 151 cm³/mol. The summed E-state index contributed by atoms with van der Waals surface area (Å²) in [4.78, 5) is 22.9. The van der Waals surface area contributed by atoms with E-state index in [-0.39, 0.29) is 11.8 Å². The number of rotatable bonds is 6. The number of hydrogen-bond acceptors (Lipinski definition) is 4. The first kappa shape index (κ1) is 24.1. The van der Waals surface area contributed by atoms with Crippen LogP contribution in [0, 0.1) is 12.0 Å². The first-order chi connectivity index (χ1) is 18.4. The molecule has 38 heavy (non-hydrogen) atoms. The maximum Gasteiger partial charge on any atom is 0.284 e. The van der Waals surface area contributed by atoms with Gasteiger partial charge in [0.15, 0.2) is 5.13 Å². The quantitative estimate of drug-likeness (QED) is 0.221. The molecule has 0 saturated heterocycles. The first-order valence-corrected chi connectivity index (χ1v) is 13.4. The fourth-order valence-electron chi connectivity index (χ4n) is 6.27. The first-order valence-electron chi connectivity index (χ1n) is 12.5. The number of benzene rings is 3. The van der Waals surface area contributed by atoms with Gasteiger partial charge >= 0.3 is 0 Å². The van der Waals surface area contributed by atoms with Crippen molar-refractivity contribution in [1.82, 2.24) is 4.98 Å². The number of hydrogen-bond donors (Lipinski definition) is 1. The highest BCUT2D eigenvalue weighted by Gasteiger charge is 2.64. The molecule has 6 heteroatoms. The molecular formula is C32H27N3O2S. The van der Waals surface area contributed by atoms with E-state index in [1.54, 1.807) is 7.11 Å². The number of anilines is 1. The summed E-state index contributed by atoms with van der Waals surface area (Å²) in [5.74, 6) is 0.409. The highest BCUT2D eigenvalue weighted by molar-refractivity contribution is 7.13. The summed E-state index contributed by atoms with van der Waals surface area (Å²) in [6.07, 6.45) is 1.10. The Bertz CT molecular complexity index is 1570. The van der Waals surface area contributed by atoms with Gasteiger partial charge in [-0.2, -0.15) is 0 Å². The van der Waals surface area contributed by atoms with E-state index >= 15 is 0 Å². The summed E-state index contributed by atoms with van der Waals surface area (Å²) in [6.45, 7) is 14.2. The molecular weight excluding hydrogens is 490 g/mol. The van der Waals surface area contributed by atoms with E-state index in [0.717, 1.165) is 39.1 Å². The molecule has 0 aliphatic heterocycles. The number of carbonyl (C=O) groups excluding carboxylic acids is 1. The minimum absolute atomic E-state index is 0.0946. The normalized spacial score (nSPS) is 22.6. The fraction of sp³-hybridized carbons (Fsp3) is 0.219. The van der Waals surface area contributed by atoms with E-state index < -0.39 is 11.0 Å². The van der Waals surface area contributed by atoms with Crippen LogP contribution in [0.1, 0.15) is 58.3 Å². The van der Waals surface area contributed by atoms with E-state index in [0.29, 0.717) is 23.7 Å². The van der Waals surface area contributed by atoms with E-state index in [1.807, 2.05) is 60.8 Å². The Balaban J connectivity index is 1.28. The van der Waals surface area contributed by atoms with Crippen molar-refractivity contribution in [1.29, 1.82) is 0 Å². The van der Waals surface area contributed by atoms with Gasteiger partial charge < -0.3 is 10.1 Å². The maximum atomic E-state index is 14.0. The van der Waals surface area contributed by atoms with Crippen LogP contribution >= 0.6 is 11.3 Å². The molecule has 0 radical (unpaired) electrons. The van der Waals surface area contributed by atoms with E-state index in [2.05, 4.69) is 41.0 Å². The summed E-state index contributed by atoms with van der Waals surface area (Å²) in [5, 5.41) is 5.68. The number of aromatic nitrogens is 1.